The van der Waals surface area contributed by atoms with E-state index in [-0.39, 0.29) is 5.91 Å². The van der Waals surface area contributed by atoms with E-state index in [2.05, 4.69) is 4.98 Å². The molecule has 6 nitrogen and oxygen atoms in total. The molecule has 22 heavy (non-hydrogen) atoms. The minimum absolute atomic E-state index is 0.240. The molecule has 6 heteroatoms. The Morgan fingerprint density at radius 2 is 1.95 bits per heavy atom. The summed E-state index contributed by atoms with van der Waals surface area (Å²) in [6, 6.07) is 13.2. The van der Waals surface area contributed by atoms with Crippen LogP contribution in [-0.4, -0.2) is 34.5 Å². The summed E-state index contributed by atoms with van der Waals surface area (Å²) in [4.78, 5) is 21.5. The van der Waals surface area contributed by atoms with Crippen LogP contribution < -0.4 is 5.73 Å². The molecule has 0 fully saturated rings. The summed E-state index contributed by atoms with van der Waals surface area (Å²) in [6.07, 6.45) is 1.72. The van der Waals surface area contributed by atoms with Gasteiger partial charge >= 0.3 is 0 Å². The maximum atomic E-state index is 12.2. The monoisotopic (exact) mass is 296 g/mol. The fraction of sp³-hybridized carbons (Fsp3) is 0.125. The van der Waals surface area contributed by atoms with Gasteiger partial charge in [-0.05, 0) is 12.1 Å². The maximum Gasteiger partial charge on any atom is 0.278 e. The molecular formula is C16H16N4O2. The summed E-state index contributed by atoms with van der Waals surface area (Å²) in [5.41, 5.74) is 8.94. The number of rotatable bonds is 3. The minimum atomic E-state index is -0.240. The predicted molar refractivity (Wildman–Crippen MR) is 84.1 cm³/mol. The van der Waals surface area contributed by atoms with E-state index >= 15 is 0 Å². The van der Waals surface area contributed by atoms with Gasteiger partial charge in [-0.2, -0.15) is 0 Å². The van der Waals surface area contributed by atoms with Crippen LogP contribution in [-0.2, 0) is 4.84 Å². The first-order chi connectivity index (χ1) is 10.6. The Kier molecular flexibility index (Phi) is 3.52. The van der Waals surface area contributed by atoms with Gasteiger partial charge in [0.15, 0.2) is 5.82 Å². The van der Waals surface area contributed by atoms with Crippen molar-refractivity contribution in [2.45, 2.75) is 0 Å². The highest BCUT2D eigenvalue weighted by Gasteiger charge is 2.16. The third-order valence-electron chi connectivity index (χ3n) is 3.50. The highest BCUT2D eigenvalue weighted by molar-refractivity contribution is 5.93. The van der Waals surface area contributed by atoms with Gasteiger partial charge in [0.05, 0.1) is 18.4 Å². The predicted octanol–water partition coefficient (Wildman–Crippen LogP) is 2.22. The number of amides is 1. The van der Waals surface area contributed by atoms with Gasteiger partial charge in [-0.25, -0.2) is 10.0 Å². The number of hydroxylamine groups is 2. The number of pyridine rings is 1. The van der Waals surface area contributed by atoms with E-state index in [1.165, 1.54) is 12.2 Å². The summed E-state index contributed by atoms with van der Waals surface area (Å²) in [5.74, 6) is 0.187. The van der Waals surface area contributed by atoms with Gasteiger partial charge in [0.2, 0.25) is 0 Å². The van der Waals surface area contributed by atoms with Crippen LogP contribution in [0.25, 0.3) is 16.9 Å². The fourth-order valence-electron chi connectivity index (χ4n) is 2.34. The Morgan fingerprint density at radius 3 is 2.64 bits per heavy atom. The lowest BCUT2D eigenvalue weighted by Gasteiger charge is -2.13. The Labute approximate surface area is 127 Å². The van der Waals surface area contributed by atoms with Crippen molar-refractivity contribution in [1.29, 1.82) is 0 Å². The molecule has 2 aromatic heterocycles. The first kappa shape index (κ1) is 14.1. The molecule has 0 bridgehead atoms. The van der Waals surface area contributed by atoms with E-state index in [4.69, 9.17) is 10.6 Å². The van der Waals surface area contributed by atoms with Crippen LogP contribution in [0.4, 0.5) is 5.82 Å². The van der Waals surface area contributed by atoms with Gasteiger partial charge < -0.3 is 5.73 Å². The van der Waals surface area contributed by atoms with Crippen molar-refractivity contribution in [3.8, 4) is 11.3 Å². The number of carbonyl (C=O) groups excluding carboxylic acids is 1. The molecule has 3 rings (SSSR count). The summed E-state index contributed by atoms with van der Waals surface area (Å²) < 4.78 is 1.82. The van der Waals surface area contributed by atoms with E-state index in [0.717, 1.165) is 11.3 Å². The highest BCUT2D eigenvalue weighted by Crippen LogP contribution is 2.27. The molecule has 0 aliphatic rings. The first-order valence-corrected chi connectivity index (χ1v) is 6.77. The van der Waals surface area contributed by atoms with Crippen molar-refractivity contribution in [2.75, 3.05) is 19.9 Å². The number of hydrogen-bond donors (Lipinski definition) is 1. The lowest BCUT2D eigenvalue weighted by molar-refractivity contribution is -0.0757. The van der Waals surface area contributed by atoms with Crippen LogP contribution in [0.3, 0.4) is 0 Å². The number of hydrogen-bond acceptors (Lipinski definition) is 4. The molecule has 0 spiro atoms. The van der Waals surface area contributed by atoms with Crippen LogP contribution in [0.2, 0.25) is 0 Å². The molecule has 1 aromatic carbocycles. The molecule has 2 heterocycles. The van der Waals surface area contributed by atoms with Crippen LogP contribution in [0.1, 0.15) is 10.4 Å². The molecule has 0 saturated carbocycles. The van der Waals surface area contributed by atoms with E-state index in [1.54, 1.807) is 25.4 Å². The molecule has 3 aromatic rings. The molecule has 0 aliphatic heterocycles. The average molecular weight is 296 g/mol. The molecule has 0 unspecified atom stereocenters. The van der Waals surface area contributed by atoms with Gasteiger partial charge in [-0.15, -0.1) is 0 Å². The largest absolute Gasteiger partial charge is 0.382 e. The van der Waals surface area contributed by atoms with Crippen molar-refractivity contribution in [3.05, 3.63) is 54.2 Å². The number of imidazole rings is 1. The number of nitrogens with two attached hydrogens (primary N) is 1. The van der Waals surface area contributed by atoms with Crippen LogP contribution >= 0.6 is 0 Å². The molecule has 0 radical (unpaired) electrons. The van der Waals surface area contributed by atoms with Gasteiger partial charge in [0.25, 0.3) is 5.91 Å². The number of nitrogen functional groups attached to an aromatic ring is 1. The zero-order valence-electron chi connectivity index (χ0n) is 12.4. The van der Waals surface area contributed by atoms with Crippen molar-refractivity contribution in [3.63, 3.8) is 0 Å². The van der Waals surface area contributed by atoms with E-state index in [9.17, 15) is 4.79 Å². The second kappa shape index (κ2) is 5.50. The van der Waals surface area contributed by atoms with E-state index in [1.807, 2.05) is 34.7 Å². The van der Waals surface area contributed by atoms with Gasteiger partial charge in [-0.3, -0.25) is 14.0 Å². The summed E-state index contributed by atoms with van der Waals surface area (Å²) >= 11 is 0. The maximum absolute atomic E-state index is 12.2. The Hall–Kier alpha value is -2.86. The van der Waals surface area contributed by atoms with Gasteiger partial charge in [-0.1, -0.05) is 30.3 Å². The van der Waals surface area contributed by atoms with E-state index < -0.39 is 0 Å². The summed E-state index contributed by atoms with van der Waals surface area (Å²) in [5, 5.41) is 1.17. The molecule has 0 atom stereocenters. The lowest BCUT2D eigenvalue weighted by Crippen LogP contribution is -2.25. The Bertz CT molecular complexity index is 827. The number of fused-ring (bicyclic) bond motifs is 1. The van der Waals surface area contributed by atoms with Gasteiger partial charge in [0, 0.05) is 18.8 Å². The number of aromatic nitrogens is 2. The lowest BCUT2D eigenvalue weighted by atomic mass is 10.1. The second-order valence-corrected chi connectivity index (χ2v) is 4.84. The normalized spacial score (nSPS) is 10.8. The third kappa shape index (κ3) is 2.29. The van der Waals surface area contributed by atoms with Crippen LogP contribution in [0.5, 0.6) is 0 Å². The molecule has 1 amide bonds. The van der Waals surface area contributed by atoms with Crippen molar-refractivity contribution >= 4 is 17.4 Å². The molecule has 0 aliphatic carbocycles. The molecular weight excluding hydrogens is 280 g/mol. The standard InChI is InChI=1S/C16H16N4O2/c1-19(22-2)16(21)12-8-9-13-18-15(17)14(20(13)10-12)11-6-4-3-5-7-11/h3-10H,17H2,1-2H3. The quantitative estimate of drug-likeness (QED) is 0.752. The second-order valence-electron chi connectivity index (χ2n) is 4.84. The SMILES string of the molecule is CON(C)C(=O)c1ccc2nc(N)c(-c3ccccc3)n2c1. The third-order valence-corrected chi connectivity index (χ3v) is 3.50. The Morgan fingerprint density at radius 1 is 1.23 bits per heavy atom. The number of anilines is 1. The topological polar surface area (TPSA) is 72.9 Å². The minimum Gasteiger partial charge on any atom is -0.382 e. The number of benzene rings is 1. The zero-order chi connectivity index (χ0) is 15.7. The fourth-order valence-corrected chi connectivity index (χ4v) is 2.34. The van der Waals surface area contributed by atoms with Crippen molar-refractivity contribution in [2.24, 2.45) is 0 Å². The van der Waals surface area contributed by atoms with Crippen LogP contribution in [0, 0.1) is 0 Å². The number of carbonyl (C=O) groups is 1. The Balaban J connectivity index is 2.17. The zero-order valence-corrected chi connectivity index (χ0v) is 12.4. The first-order valence-electron chi connectivity index (χ1n) is 6.77. The smallest absolute Gasteiger partial charge is 0.278 e. The van der Waals surface area contributed by atoms with Crippen LogP contribution in [0.15, 0.2) is 48.7 Å². The average Bonchev–Trinajstić information content (AvgIpc) is 2.89. The summed E-state index contributed by atoms with van der Waals surface area (Å²) in [6.45, 7) is 0. The van der Waals surface area contributed by atoms with Crippen molar-refractivity contribution in [1.82, 2.24) is 14.4 Å². The van der Waals surface area contributed by atoms with Crippen molar-refractivity contribution < 1.29 is 9.63 Å². The molecule has 112 valence electrons. The number of nitrogens with zero attached hydrogens (tertiary/aromatic N) is 3. The summed E-state index contributed by atoms with van der Waals surface area (Å²) in [7, 11) is 3.01. The van der Waals surface area contributed by atoms with E-state index in [0.29, 0.717) is 17.0 Å². The molecule has 2 N–H and O–H groups in total. The van der Waals surface area contributed by atoms with Gasteiger partial charge in [0.1, 0.15) is 5.65 Å². The highest BCUT2D eigenvalue weighted by atomic mass is 16.7. The molecule has 0 saturated heterocycles.